The number of benzene rings is 3. The SMILES string of the molecule is CC1(C)OC(=O)c2ccc(-c3ccc(OCc4ccccc4)c(C#N)c3)cc2O1. The molecule has 0 radical (unpaired) electrons. The highest BCUT2D eigenvalue weighted by molar-refractivity contribution is 5.94. The molecule has 0 aliphatic carbocycles. The number of hydrogen-bond donors (Lipinski definition) is 0. The van der Waals surface area contributed by atoms with E-state index in [1.807, 2.05) is 42.5 Å². The number of ether oxygens (including phenoxy) is 3. The fourth-order valence-electron chi connectivity index (χ4n) is 3.18. The van der Waals surface area contributed by atoms with Crippen molar-refractivity contribution in [2.24, 2.45) is 0 Å². The van der Waals surface area contributed by atoms with E-state index in [1.165, 1.54) is 0 Å². The van der Waals surface area contributed by atoms with Crippen LogP contribution in [0, 0.1) is 11.3 Å². The molecule has 0 spiro atoms. The van der Waals surface area contributed by atoms with Crippen molar-refractivity contribution in [2.75, 3.05) is 0 Å². The molecular weight excluding hydrogens is 366 g/mol. The molecule has 0 aromatic heterocycles. The van der Waals surface area contributed by atoms with E-state index in [0.29, 0.717) is 29.2 Å². The summed E-state index contributed by atoms with van der Waals surface area (Å²) in [6.07, 6.45) is 0. The summed E-state index contributed by atoms with van der Waals surface area (Å²) in [5.74, 6) is -0.439. The summed E-state index contributed by atoms with van der Waals surface area (Å²) in [5, 5.41) is 9.57. The Hall–Kier alpha value is -3.78. The van der Waals surface area contributed by atoms with Crippen molar-refractivity contribution in [2.45, 2.75) is 26.2 Å². The van der Waals surface area contributed by atoms with Gasteiger partial charge in [0.1, 0.15) is 29.7 Å². The molecule has 29 heavy (non-hydrogen) atoms. The lowest BCUT2D eigenvalue weighted by Gasteiger charge is -2.31. The number of nitriles is 1. The van der Waals surface area contributed by atoms with Crippen LogP contribution in [0.15, 0.2) is 66.7 Å². The molecular formula is C24H19NO4. The Morgan fingerprint density at radius 2 is 1.69 bits per heavy atom. The average molecular weight is 385 g/mol. The minimum Gasteiger partial charge on any atom is -0.488 e. The second-order valence-electron chi connectivity index (χ2n) is 7.20. The molecule has 0 amide bonds. The topological polar surface area (TPSA) is 68.5 Å². The van der Waals surface area contributed by atoms with Gasteiger partial charge in [-0.1, -0.05) is 42.5 Å². The molecule has 3 aromatic rings. The number of cyclic esters (lactones) is 1. The zero-order valence-electron chi connectivity index (χ0n) is 16.1. The van der Waals surface area contributed by atoms with E-state index in [4.69, 9.17) is 14.2 Å². The van der Waals surface area contributed by atoms with Crippen molar-refractivity contribution in [1.82, 2.24) is 0 Å². The van der Waals surface area contributed by atoms with E-state index in [-0.39, 0.29) is 0 Å². The highest BCUT2D eigenvalue weighted by Gasteiger charge is 2.33. The molecule has 1 aliphatic heterocycles. The first kappa shape index (κ1) is 18.6. The van der Waals surface area contributed by atoms with Crippen molar-refractivity contribution in [3.8, 4) is 28.7 Å². The minimum absolute atomic E-state index is 0.386. The van der Waals surface area contributed by atoms with Gasteiger partial charge < -0.3 is 14.2 Å². The molecule has 0 atom stereocenters. The van der Waals surface area contributed by atoms with E-state index in [2.05, 4.69) is 6.07 Å². The Balaban J connectivity index is 1.61. The van der Waals surface area contributed by atoms with E-state index in [0.717, 1.165) is 16.7 Å². The Kier molecular flexibility index (Phi) is 4.69. The molecule has 5 nitrogen and oxygen atoms in total. The van der Waals surface area contributed by atoms with E-state index in [1.54, 1.807) is 38.1 Å². The third-order valence-electron chi connectivity index (χ3n) is 4.57. The standard InChI is InChI=1S/C24H19NO4/c1-24(2)28-22-13-18(8-10-20(22)23(26)29-24)17-9-11-21(19(12-17)14-25)27-15-16-6-4-3-5-7-16/h3-13H,15H2,1-2H3. The number of carbonyl (C=O) groups is 1. The van der Waals surface area contributed by atoms with E-state index < -0.39 is 11.8 Å². The van der Waals surface area contributed by atoms with Crippen LogP contribution < -0.4 is 9.47 Å². The van der Waals surface area contributed by atoms with Crippen LogP contribution in [-0.2, 0) is 11.3 Å². The zero-order chi connectivity index (χ0) is 20.4. The fourth-order valence-corrected chi connectivity index (χ4v) is 3.18. The van der Waals surface area contributed by atoms with Gasteiger partial charge in [-0.15, -0.1) is 0 Å². The zero-order valence-corrected chi connectivity index (χ0v) is 16.1. The lowest BCUT2D eigenvalue weighted by atomic mass is 10.00. The predicted molar refractivity (Wildman–Crippen MR) is 107 cm³/mol. The number of hydrogen-bond acceptors (Lipinski definition) is 5. The van der Waals surface area contributed by atoms with Gasteiger partial charge in [0.2, 0.25) is 5.79 Å². The van der Waals surface area contributed by atoms with Gasteiger partial charge in [0.15, 0.2) is 0 Å². The van der Waals surface area contributed by atoms with Crippen LogP contribution in [-0.4, -0.2) is 11.8 Å². The van der Waals surface area contributed by atoms with Gasteiger partial charge in [0, 0.05) is 13.8 Å². The summed E-state index contributed by atoms with van der Waals surface area (Å²) in [6, 6.07) is 22.7. The molecule has 1 aliphatic rings. The average Bonchev–Trinajstić information content (AvgIpc) is 2.71. The van der Waals surface area contributed by atoms with Crippen molar-refractivity contribution in [1.29, 1.82) is 5.26 Å². The molecule has 0 N–H and O–H groups in total. The summed E-state index contributed by atoms with van der Waals surface area (Å²) in [6.45, 7) is 3.76. The third-order valence-corrected chi connectivity index (χ3v) is 4.57. The van der Waals surface area contributed by atoms with E-state index >= 15 is 0 Å². The van der Waals surface area contributed by atoms with E-state index in [9.17, 15) is 10.1 Å². The minimum atomic E-state index is -1.02. The summed E-state index contributed by atoms with van der Waals surface area (Å²) >= 11 is 0. The number of esters is 1. The van der Waals surface area contributed by atoms with Crippen molar-refractivity contribution < 1.29 is 19.0 Å². The highest BCUT2D eigenvalue weighted by Crippen LogP contribution is 2.35. The molecule has 3 aromatic carbocycles. The maximum atomic E-state index is 12.1. The fraction of sp³-hybridized carbons (Fsp3) is 0.167. The van der Waals surface area contributed by atoms with Crippen LogP contribution in [0.5, 0.6) is 11.5 Å². The molecule has 4 rings (SSSR count). The lowest BCUT2D eigenvalue weighted by Crippen LogP contribution is -2.38. The number of nitrogens with zero attached hydrogens (tertiary/aromatic N) is 1. The predicted octanol–water partition coefficient (Wildman–Crippen LogP) is 5.09. The quantitative estimate of drug-likeness (QED) is 0.585. The van der Waals surface area contributed by atoms with Crippen LogP contribution in [0.4, 0.5) is 0 Å². The van der Waals surface area contributed by atoms with Gasteiger partial charge in [0.05, 0.1) is 5.56 Å². The van der Waals surface area contributed by atoms with Crippen LogP contribution in [0.25, 0.3) is 11.1 Å². The van der Waals surface area contributed by atoms with Gasteiger partial charge in [0.25, 0.3) is 0 Å². The second-order valence-corrected chi connectivity index (χ2v) is 7.20. The van der Waals surface area contributed by atoms with Crippen molar-refractivity contribution in [3.63, 3.8) is 0 Å². The Labute approximate surface area is 169 Å². The summed E-state index contributed by atoms with van der Waals surface area (Å²) in [7, 11) is 0. The summed E-state index contributed by atoms with van der Waals surface area (Å²) in [4.78, 5) is 12.1. The van der Waals surface area contributed by atoms with Crippen LogP contribution in [0.2, 0.25) is 0 Å². The molecule has 5 heteroatoms. The van der Waals surface area contributed by atoms with Crippen molar-refractivity contribution >= 4 is 5.97 Å². The lowest BCUT2D eigenvalue weighted by molar-refractivity contribution is -0.127. The molecule has 0 unspecified atom stereocenters. The van der Waals surface area contributed by atoms with Crippen LogP contribution in [0.1, 0.15) is 35.3 Å². The normalized spacial score (nSPS) is 14.2. The first-order valence-corrected chi connectivity index (χ1v) is 9.23. The maximum Gasteiger partial charge on any atom is 0.345 e. The number of carbonyl (C=O) groups excluding carboxylic acids is 1. The third kappa shape index (κ3) is 3.92. The summed E-state index contributed by atoms with van der Waals surface area (Å²) in [5.41, 5.74) is 3.52. The first-order valence-electron chi connectivity index (χ1n) is 9.23. The molecule has 0 saturated heterocycles. The highest BCUT2D eigenvalue weighted by atomic mass is 16.7. The molecule has 1 heterocycles. The van der Waals surface area contributed by atoms with Gasteiger partial charge in [-0.25, -0.2) is 4.79 Å². The maximum absolute atomic E-state index is 12.1. The monoisotopic (exact) mass is 385 g/mol. The van der Waals surface area contributed by atoms with Gasteiger partial charge >= 0.3 is 5.97 Å². The van der Waals surface area contributed by atoms with Crippen LogP contribution in [0.3, 0.4) is 0 Å². The smallest absolute Gasteiger partial charge is 0.345 e. The molecule has 144 valence electrons. The van der Waals surface area contributed by atoms with Gasteiger partial charge in [-0.3, -0.25) is 0 Å². The van der Waals surface area contributed by atoms with Crippen molar-refractivity contribution in [3.05, 3.63) is 83.4 Å². The number of fused-ring (bicyclic) bond motifs is 1. The molecule has 0 saturated carbocycles. The molecule has 0 bridgehead atoms. The largest absolute Gasteiger partial charge is 0.488 e. The first-order chi connectivity index (χ1) is 13.9. The Morgan fingerprint density at radius 1 is 0.966 bits per heavy atom. The summed E-state index contributed by atoms with van der Waals surface area (Å²) < 4.78 is 16.9. The second kappa shape index (κ2) is 7.33. The number of rotatable bonds is 4. The van der Waals surface area contributed by atoms with Crippen LogP contribution >= 0.6 is 0 Å². The van der Waals surface area contributed by atoms with Gasteiger partial charge in [-0.05, 0) is 41.0 Å². The molecule has 0 fully saturated rings. The van der Waals surface area contributed by atoms with Gasteiger partial charge in [-0.2, -0.15) is 5.26 Å². The Bertz CT molecular complexity index is 1110. The Morgan fingerprint density at radius 3 is 2.45 bits per heavy atom.